The summed E-state index contributed by atoms with van der Waals surface area (Å²) in [6, 6.07) is 6.11. The first kappa shape index (κ1) is 13.6. The minimum atomic E-state index is -0.482. The molecule has 0 bridgehead atoms. The van der Waals surface area contributed by atoms with Gasteiger partial charge in [-0.15, -0.1) is 0 Å². The molecule has 0 aliphatic heterocycles. The Balaban J connectivity index is 2.26. The number of aliphatic hydroxyl groups is 1. The van der Waals surface area contributed by atoms with Gasteiger partial charge in [-0.25, -0.2) is 4.39 Å². The SMILES string of the molecule is CCC(O)CNC(=O)CCc1ccc(F)cc1. The van der Waals surface area contributed by atoms with E-state index in [0.717, 1.165) is 5.56 Å². The zero-order valence-electron chi connectivity index (χ0n) is 9.95. The maximum Gasteiger partial charge on any atom is 0.220 e. The summed E-state index contributed by atoms with van der Waals surface area (Å²) in [6.45, 7) is 2.15. The molecule has 0 aromatic heterocycles. The largest absolute Gasteiger partial charge is 0.391 e. The number of rotatable bonds is 6. The Kier molecular flexibility index (Phi) is 5.63. The third-order valence-electron chi connectivity index (χ3n) is 2.56. The number of hydrogen-bond donors (Lipinski definition) is 2. The number of carbonyl (C=O) groups is 1. The molecular weight excluding hydrogens is 221 g/mol. The second-order valence-electron chi connectivity index (χ2n) is 3.99. The van der Waals surface area contributed by atoms with E-state index in [1.54, 1.807) is 12.1 Å². The topological polar surface area (TPSA) is 49.3 Å². The lowest BCUT2D eigenvalue weighted by atomic mass is 10.1. The van der Waals surface area contributed by atoms with Crippen LogP contribution in [0.2, 0.25) is 0 Å². The number of halogens is 1. The van der Waals surface area contributed by atoms with Crippen molar-refractivity contribution in [1.29, 1.82) is 0 Å². The van der Waals surface area contributed by atoms with Crippen molar-refractivity contribution in [2.75, 3.05) is 6.54 Å². The number of hydrogen-bond acceptors (Lipinski definition) is 2. The van der Waals surface area contributed by atoms with Gasteiger partial charge in [0.1, 0.15) is 5.82 Å². The summed E-state index contributed by atoms with van der Waals surface area (Å²) in [6.07, 6.45) is 1.07. The number of nitrogens with one attached hydrogen (secondary N) is 1. The third-order valence-corrected chi connectivity index (χ3v) is 2.56. The van der Waals surface area contributed by atoms with Gasteiger partial charge in [0.25, 0.3) is 0 Å². The van der Waals surface area contributed by atoms with Crippen LogP contribution in [0.4, 0.5) is 4.39 Å². The molecule has 3 nitrogen and oxygen atoms in total. The van der Waals surface area contributed by atoms with Gasteiger partial charge >= 0.3 is 0 Å². The Morgan fingerprint density at radius 1 is 1.41 bits per heavy atom. The van der Waals surface area contributed by atoms with Crippen LogP contribution in [0.1, 0.15) is 25.3 Å². The molecule has 0 fully saturated rings. The van der Waals surface area contributed by atoms with Crippen molar-refractivity contribution in [3.05, 3.63) is 35.6 Å². The molecule has 17 heavy (non-hydrogen) atoms. The summed E-state index contributed by atoms with van der Waals surface area (Å²) >= 11 is 0. The van der Waals surface area contributed by atoms with Crippen molar-refractivity contribution < 1.29 is 14.3 Å². The van der Waals surface area contributed by atoms with Crippen molar-refractivity contribution in [1.82, 2.24) is 5.32 Å². The van der Waals surface area contributed by atoms with Crippen LogP contribution in [0.5, 0.6) is 0 Å². The van der Waals surface area contributed by atoms with Crippen LogP contribution in [0.3, 0.4) is 0 Å². The molecule has 0 aliphatic carbocycles. The Hall–Kier alpha value is -1.42. The van der Waals surface area contributed by atoms with Gasteiger partial charge in [-0.05, 0) is 30.5 Å². The van der Waals surface area contributed by atoms with Crippen molar-refractivity contribution in [3.8, 4) is 0 Å². The minimum absolute atomic E-state index is 0.0955. The average Bonchev–Trinajstić information content (AvgIpc) is 2.35. The van der Waals surface area contributed by atoms with Gasteiger partial charge in [0, 0.05) is 13.0 Å². The highest BCUT2D eigenvalue weighted by atomic mass is 19.1. The third kappa shape index (κ3) is 5.45. The second kappa shape index (κ2) is 7.01. The first-order valence-corrected chi connectivity index (χ1v) is 5.81. The normalized spacial score (nSPS) is 12.2. The number of amides is 1. The predicted molar refractivity (Wildman–Crippen MR) is 64.0 cm³/mol. The summed E-state index contributed by atoms with van der Waals surface area (Å²) in [4.78, 5) is 11.4. The lowest BCUT2D eigenvalue weighted by molar-refractivity contribution is -0.121. The van der Waals surface area contributed by atoms with Gasteiger partial charge in [-0.1, -0.05) is 19.1 Å². The van der Waals surface area contributed by atoms with Crippen LogP contribution in [0.15, 0.2) is 24.3 Å². The molecule has 1 atom stereocenters. The molecule has 1 rings (SSSR count). The molecule has 0 spiro atoms. The molecule has 1 aromatic rings. The lowest BCUT2D eigenvalue weighted by Gasteiger charge is -2.09. The summed E-state index contributed by atoms with van der Waals surface area (Å²) in [7, 11) is 0. The van der Waals surface area contributed by atoms with Gasteiger partial charge in [-0.3, -0.25) is 4.79 Å². The first-order valence-electron chi connectivity index (χ1n) is 5.81. The summed E-state index contributed by atoms with van der Waals surface area (Å²) in [5.41, 5.74) is 0.928. The molecule has 0 saturated carbocycles. The molecule has 1 aromatic carbocycles. The maximum absolute atomic E-state index is 12.6. The van der Waals surface area contributed by atoms with E-state index in [4.69, 9.17) is 0 Å². The van der Waals surface area contributed by atoms with Crippen LogP contribution >= 0.6 is 0 Å². The van der Waals surface area contributed by atoms with Gasteiger partial charge in [0.15, 0.2) is 0 Å². The van der Waals surface area contributed by atoms with Gasteiger partial charge in [0.2, 0.25) is 5.91 Å². The van der Waals surface area contributed by atoms with E-state index < -0.39 is 6.10 Å². The van der Waals surface area contributed by atoms with Crippen molar-refractivity contribution in [2.24, 2.45) is 0 Å². The fraction of sp³-hybridized carbons (Fsp3) is 0.462. The molecule has 4 heteroatoms. The second-order valence-corrected chi connectivity index (χ2v) is 3.99. The highest BCUT2D eigenvalue weighted by Crippen LogP contribution is 2.05. The molecule has 0 heterocycles. The average molecular weight is 239 g/mol. The molecule has 2 N–H and O–H groups in total. The van der Waals surface area contributed by atoms with Crippen molar-refractivity contribution in [2.45, 2.75) is 32.3 Å². The zero-order chi connectivity index (χ0) is 12.7. The number of benzene rings is 1. The van der Waals surface area contributed by atoms with Gasteiger partial charge < -0.3 is 10.4 Å². The van der Waals surface area contributed by atoms with Gasteiger partial charge in [-0.2, -0.15) is 0 Å². The van der Waals surface area contributed by atoms with Crippen LogP contribution < -0.4 is 5.32 Å². The number of aliphatic hydroxyl groups excluding tert-OH is 1. The van der Waals surface area contributed by atoms with Crippen LogP contribution in [-0.4, -0.2) is 23.7 Å². The highest BCUT2D eigenvalue weighted by molar-refractivity contribution is 5.76. The highest BCUT2D eigenvalue weighted by Gasteiger charge is 2.05. The molecular formula is C13H18FNO2. The first-order chi connectivity index (χ1) is 8.11. The monoisotopic (exact) mass is 239 g/mol. The van der Waals surface area contributed by atoms with E-state index >= 15 is 0 Å². The van der Waals surface area contributed by atoms with E-state index in [9.17, 15) is 14.3 Å². The van der Waals surface area contributed by atoms with E-state index in [1.807, 2.05) is 6.92 Å². The molecule has 0 radical (unpaired) electrons. The Bertz CT molecular complexity index is 351. The van der Waals surface area contributed by atoms with E-state index in [0.29, 0.717) is 25.8 Å². The van der Waals surface area contributed by atoms with E-state index in [1.165, 1.54) is 12.1 Å². The summed E-state index contributed by atoms with van der Waals surface area (Å²) < 4.78 is 12.6. The number of aryl methyl sites for hydroxylation is 1. The Morgan fingerprint density at radius 2 is 2.06 bits per heavy atom. The predicted octanol–water partition coefficient (Wildman–Crippen LogP) is 1.65. The molecule has 0 saturated heterocycles. The fourth-order valence-corrected chi connectivity index (χ4v) is 1.37. The zero-order valence-corrected chi connectivity index (χ0v) is 9.95. The quantitative estimate of drug-likeness (QED) is 0.793. The smallest absolute Gasteiger partial charge is 0.220 e. The fourth-order valence-electron chi connectivity index (χ4n) is 1.37. The number of carbonyl (C=O) groups excluding carboxylic acids is 1. The molecule has 0 aliphatic rings. The Morgan fingerprint density at radius 3 is 2.65 bits per heavy atom. The standard InChI is InChI=1S/C13H18FNO2/c1-2-12(16)9-15-13(17)8-5-10-3-6-11(14)7-4-10/h3-4,6-7,12,16H,2,5,8-9H2,1H3,(H,15,17). The summed E-state index contributed by atoms with van der Waals surface area (Å²) in [5, 5.41) is 11.9. The Labute approximate surface area is 101 Å². The van der Waals surface area contributed by atoms with E-state index in [2.05, 4.69) is 5.32 Å². The van der Waals surface area contributed by atoms with Crippen LogP contribution in [0, 0.1) is 5.82 Å². The van der Waals surface area contributed by atoms with Crippen molar-refractivity contribution >= 4 is 5.91 Å². The maximum atomic E-state index is 12.6. The molecule has 1 amide bonds. The van der Waals surface area contributed by atoms with E-state index in [-0.39, 0.29) is 11.7 Å². The molecule has 1 unspecified atom stereocenters. The van der Waals surface area contributed by atoms with Crippen LogP contribution in [-0.2, 0) is 11.2 Å². The lowest BCUT2D eigenvalue weighted by Crippen LogP contribution is -2.31. The summed E-state index contributed by atoms with van der Waals surface area (Å²) in [5.74, 6) is -0.369. The van der Waals surface area contributed by atoms with Crippen molar-refractivity contribution in [3.63, 3.8) is 0 Å². The molecule has 94 valence electrons. The van der Waals surface area contributed by atoms with Gasteiger partial charge in [0.05, 0.1) is 6.10 Å². The van der Waals surface area contributed by atoms with Crippen LogP contribution in [0.25, 0.3) is 0 Å². The minimum Gasteiger partial charge on any atom is -0.391 e.